The molecular weight excluding hydrogens is 266 g/mol. The zero-order chi connectivity index (χ0) is 14.4. The first-order valence-corrected chi connectivity index (χ1v) is 8.60. The van der Waals surface area contributed by atoms with Gasteiger partial charge in [0.05, 0.1) is 6.04 Å². The number of carbonyl (C=O) groups is 2. The van der Waals surface area contributed by atoms with Crippen molar-refractivity contribution < 1.29 is 9.59 Å². The third kappa shape index (κ3) is 2.40. The van der Waals surface area contributed by atoms with Gasteiger partial charge in [-0.25, -0.2) is 4.79 Å². The molecule has 2 saturated carbocycles. The highest BCUT2D eigenvalue weighted by molar-refractivity contribution is 5.82. The smallest absolute Gasteiger partial charge is 0.320 e. The predicted octanol–water partition coefficient (Wildman–Crippen LogP) is 1.68. The quantitative estimate of drug-likeness (QED) is 0.777. The number of hydrogen-bond donors (Lipinski definition) is 0. The van der Waals surface area contributed by atoms with Crippen molar-refractivity contribution in [2.75, 3.05) is 26.2 Å². The first-order chi connectivity index (χ1) is 10.2. The molecule has 116 valence electrons. The van der Waals surface area contributed by atoms with Crippen molar-refractivity contribution in [2.45, 2.75) is 57.0 Å². The van der Waals surface area contributed by atoms with E-state index in [9.17, 15) is 9.59 Å². The highest BCUT2D eigenvalue weighted by Crippen LogP contribution is 2.33. The van der Waals surface area contributed by atoms with Crippen molar-refractivity contribution in [1.29, 1.82) is 0 Å². The van der Waals surface area contributed by atoms with E-state index in [-0.39, 0.29) is 12.1 Å². The van der Waals surface area contributed by atoms with Crippen LogP contribution in [0.4, 0.5) is 4.79 Å². The molecule has 3 amide bonds. The molecule has 4 aliphatic rings. The van der Waals surface area contributed by atoms with Gasteiger partial charge in [-0.3, -0.25) is 4.79 Å². The fraction of sp³-hybridized carbons (Fsp3) is 0.875. The van der Waals surface area contributed by atoms with Gasteiger partial charge in [0.1, 0.15) is 0 Å². The van der Waals surface area contributed by atoms with Crippen molar-refractivity contribution >= 4 is 11.9 Å². The third-order valence-corrected chi connectivity index (χ3v) is 5.64. The average Bonchev–Trinajstić information content (AvgIpc) is 3.32. The average molecular weight is 291 g/mol. The van der Waals surface area contributed by atoms with Gasteiger partial charge in [-0.05, 0) is 25.7 Å². The van der Waals surface area contributed by atoms with Crippen LogP contribution in [-0.4, -0.2) is 64.9 Å². The van der Waals surface area contributed by atoms with E-state index < -0.39 is 0 Å². The summed E-state index contributed by atoms with van der Waals surface area (Å²) in [4.78, 5) is 31.0. The lowest BCUT2D eigenvalue weighted by Gasteiger charge is -2.36. The van der Waals surface area contributed by atoms with Crippen molar-refractivity contribution in [1.82, 2.24) is 14.7 Å². The van der Waals surface area contributed by atoms with Crippen LogP contribution in [0.3, 0.4) is 0 Å². The molecule has 1 atom stereocenters. The Kier molecular flexibility index (Phi) is 3.31. The normalized spacial score (nSPS) is 30.8. The van der Waals surface area contributed by atoms with Crippen LogP contribution in [0.15, 0.2) is 0 Å². The van der Waals surface area contributed by atoms with E-state index in [4.69, 9.17) is 0 Å². The molecule has 0 aromatic heterocycles. The molecule has 21 heavy (non-hydrogen) atoms. The SMILES string of the molecule is O=C(C1CC1)N1CCN2C(=O)N(C3CCCCC3)C[C@H]2C1. The Balaban J connectivity index is 1.42. The lowest BCUT2D eigenvalue weighted by Crippen LogP contribution is -2.54. The summed E-state index contributed by atoms with van der Waals surface area (Å²) in [6, 6.07) is 0.908. The summed E-state index contributed by atoms with van der Waals surface area (Å²) in [5, 5.41) is 0. The molecule has 0 N–H and O–H groups in total. The van der Waals surface area contributed by atoms with Crippen LogP contribution in [0.5, 0.6) is 0 Å². The van der Waals surface area contributed by atoms with Crippen LogP contribution >= 0.6 is 0 Å². The van der Waals surface area contributed by atoms with Gasteiger partial charge >= 0.3 is 6.03 Å². The van der Waals surface area contributed by atoms with Crippen molar-refractivity contribution in [3.8, 4) is 0 Å². The summed E-state index contributed by atoms with van der Waals surface area (Å²) in [7, 11) is 0. The van der Waals surface area contributed by atoms with E-state index in [1.807, 2.05) is 9.80 Å². The Hall–Kier alpha value is -1.26. The Morgan fingerprint density at radius 3 is 2.33 bits per heavy atom. The first-order valence-electron chi connectivity index (χ1n) is 8.60. The molecule has 4 rings (SSSR count). The molecule has 2 aliphatic heterocycles. The van der Waals surface area contributed by atoms with Crippen molar-refractivity contribution in [3.63, 3.8) is 0 Å². The summed E-state index contributed by atoms with van der Waals surface area (Å²) in [6.45, 7) is 3.05. The van der Waals surface area contributed by atoms with Gasteiger partial charge in [-0.15, -0.1) is 0 Å². The summed E-state index contributed by atoms with van der Waals surface area (Å²) in [5.74, 6) is 0.626. The van der Waals surface area contributed by atoms with Crippen LogP contribution < -0.4 is 0 Å². The fourth-order valence-corrected chi connectivity index (χ4v) is 4.22. The molecule has 2 heterocycles. The van der Waals surface area contributed by atoms with Gasteiger partial charge in [0.2, 0.25) is 5.91 Å². The minimum absolute atomic E-state index is 0.227. The molecule has 5 nitrogen and oxygen atoms in total. The van der Waals surface area contributed by atoms with E-state index in [2.05, 4.69) is 4.90 Å². The van der Waals surface area contributed by atoms with Gasteiger partial charge < -0.3 is 14.7 Å². The number of amides is 3. The van der Waals surface area contributed by atoms with Crippen molar-refractivity contribution in [2.24, 2.45) is 5.92 Å². The predicted molar refractivity (Wildman–Crippen MR) is 78.8 cm³/mol. The zero-order valence-corrected chi connectivity index (χ0v) is 12.7. The Morgan fingerprint density at radius 1 is 0.857 bits per heavy atom. The number of carbonyl (C=O) groups excluding carboxylic acids is 2. The molecule has 2 saturated heterocycles. The molecular formula is C16H25N3O2. The number of rotatable bonds is 2. The summed E-state index contributed by atoms with van der Waals surface area (Å²) in [6.07, 6.45) is 8.29. The summed E-state index contributed by atoms with van der Waals surface area (Å²) in [5.41, 5.74) is 0. The van der Waals surface area contributed by atoms with Gasteiger partial charge in [-0.2, -0.15) is 0 Å². The summed E-state index contributed by atoms with van der Waals surface area (Å²) >= 11 is 0. The van der Waals surface area contributed by atoms with Crippen LogP contribution in [0.1, 0.15) is 44.9 Å². The minimum atomic E-state index is 0.227. The van der Waals surface area contributed by atoms with Crippen LogP contribution in [0.25, 0.3) is 0 Å². The molecule has 0 bridgehead atoms. The maximum atomic E-state index is 12.6. The van der Waals surface area contributed by atoms with E-state index in [0.29, 0.717) is 17.9 Å². The van der Waals surface area contributed by atoms with Crippen LogP contribution in [-0.2, 0) is 4.79 Å². The Morgan fingerprint density at radius 2 is 1.62 bits per heavy atom. The number of hydrogen-bond acceptors (Lipinski definition) is 2. The number of nitrogens with zero attached hydrogens (tertiary/aromatic N) is 3. The van der Waals surface area contributed by atoms with Gasteiger partial charge in [0, 0.05) is 38.1 Å². The van der Waals surface area contributed by atoms with Gasteiger partial charge in [-0.1, -0.05) is 19.3 Å². The second kappa shape index (κ2) is 5.18. The van der Waals surface area contributed by atoms with E-state index >= 15 is 0 Å². The first kappa shape index (κ1) is 13.4. The Bertz CT molecular complexity index is 443. The van der Waals surface area contributed by atoms with Crippen LogP contribution in [0.2, 0.25) is 0 Å². The fourth-order valence-electron chi connectivity index (χ4n) is 4.22. The molecule has 0 unspecified atom stereocenters. The molecule has 0 aromatic rings. The van der Waals surface area contributed by atoms with E-state index in [1.54, 1.807) is 0 Å². The lowest BCUT2D eigenvalue weighted by atomic mass is 9.94. The molecule has 0 spiro atoms. The number of fused-ring (bicyclic) bond motifs is 1. The molecule has 5 heteroatoms. The second-order valence-corrected chi connectivity index (χ2v) is 7.13. The van der Waals surface area contributed by atoms with Gasteiger partial charge in [0.15, 0.2) is 0 Å². The molecule has 0 aromatic carbocycles. The largest absolute Gasteiger partial charge is 0.339 e. The number of piperazine rings is 1. The molecule has 4 fully saturated rings. The lowest BCUT2D eigenvalue weighted by molar-refractivity contribution is -0.134. The molecule has 0 radical (unpaired) electrons. The third-order valence-electron chi connectivity index (χ3n) is 5.64. The topological polar surface area (TPSA) is 43.9 Å². The molecule has 2 aliphatic carbocycles. The second-order valence-electron chi connectivity index (χ2n) is 7.13. The zero-order valence-electron chi connectivity index (χ0n) is 12.7. The van der Waals surface area contributed by atoms with E-state index in [1.165, 1.54) is 19.3 Å². The van der Waals surface area contributed by atoms with Crippen LogP contribution in [0, 0.1) is 5.92 Å². The minimum Gasteiger partial charge on any atom is -0.339 e. The standard InChI is InChI=1S/C16H25N3O2/c20-15(12-6-7-12)17-8-9-18-14(10-17)11-19(16(18)21)13-4-2-1-3-5-13/h12-14H,1-11H2/t14-/m1/s1. The maximum Gasteiger partial charge on any atom is 0.320 e. The highest BCUT2D eigenvalue weighted by Gasteiger charge is 2.45. The monoisotopic (exact) mass is 291 g/mol. The maximum absolute atomic E-state index is 12.6. The van der Waals surface area contributed by atoms with Gasteiger partial charge in [0.25, 0.3) is 0 Å². The van der Waals surface area contributed by atoms with E-state index in [0.717, 1.165) is 51.9 Å². The number of urea groups is 1. The highest BCUT2D eigenvalue weighted by atomic mass is 16.2. The summed E-state index contributed by atoms with van der Waals surface area (Å²) < 4.78 is 0. The Labute approximate surface area is 126 Å². The van der Waals surface area contributed by atoms with Crippen molar-refractivity contribution in [3.05, 3.63) is 0 Å².